The predicted molar refractivity (Wildman–Crippen MR) is 82.0 cm³/mol. The topological polar surface area (TPSA) is 81.1 Å². The van der Waals surface area contributed by atoms with E-state index in [9.17, 15) is 4.79 Å². The van der Waals surface area contributed by atoms with E-state index in [0.717, 1.165) is 5.82 Å². The fraction of sp³-hybridized carbons (Fsp3) is 0.400. The number of ether oxygens (including phenoxy) is 1. The predicted octanol–water partition coefficient (Wildman–Crippen LogP) is 1.99. The maximum Gasteiger partial charge on any atom is 0.319 e. The molecule has 7 nitrogen and oxygen atoms in total. The number of anilines is 1. The number of methoxy groups -OCH3 is 1. The number of hydrogen-bond acceptors (Lipinski definition) is 4. The highest BCUT2D eigenvalue weighted by atomic mass is 16.5. The van der Waals surface area contributed by atoms with Gasteiger partial charge in [0.05, 0.1) is 7.11 Å². The molecule has 0 radical (unpaired) electrons. The minimum absolute atomic E-state index is 0.245. The Bertz CT molecular complexity index is 651. The lowest BCUT2D eigenvalue weighted by atomic mass is 10.3. The molecule has 0 spiro atoms. The lowest BCUT2D eigenvalue weighted by Gasteiger charge is -2.09. The van der Waals surface area contributed by atoms with Crippen LogP contribution in [0.4, 0.5) is 10.5 Å². The van der Waals surface area contributed by atoms with Gasteiger partial charge in [-0.2, -0.15) is 0 Å². The molecule has 0 bridgehead atoms. The van der Waals surface area contributed by atoms with Crippen molar-refractivity contribution < 1.29 is 9.53 Å². The van der Waals surface area contributed by atoms with Crippen LogP contribution in [0.2, 0.25) is 0 Å². The second-order valence-electron chi connectivity index (χ2n) is 5.25. The number of nitrogens with zero attached hydrogens (tertiary/aromatic N) is 3. The number of amides is 2. The molecule has 3 rings (SSSR count). The van der Waals surface area contributed by atoms with Gasteiger partial charge in [-0.1, -0.05) is 6.07 Å². The number of carbonyl (C=O) groups excluding carboxylic acids is 1. The largest absolute Gasteiger partial charge is 0.497 e. The molecule has 1 aromatic heterocycles. The van der Waals surface area contributed by atoms with Crippen molar-refractivity contribution in [1.29, 1.82) is 0 Å². The van der Waals surface area contributed by atoms with Crippen molar-refractivity contribution in [3.05, 3.63) is 36.4 Å². The van der Waals surface area contributed by atoms with Gasteiger partial charge in [0.1, 0.15) is 17.9 Å². The minimum Gasteiger partial charge on any atom is -0.497 e. The van der Waals surface area contributed by atoms with Crippen LogP contribution < -0.4 is 15.4 Å². The van der Waals surface area contributed by atoms with Crippen molar-refractivity contribution >= 4 is 11.7 Å². The minimum atomic E-state index is -0.245. The van der Waals surface area contributed by atoms with Gasteiger partial charge < -0.3 is 19.9 Å². The molecule has 2 aromatic rings. The van der Waals surface area contributed by atoms with E-state index >= 15 is 0 Å². The van der Waals surface area contributed by atoms with Crippen LogP contribution in [0.3, 0.4) is 0 Å². The van der Waals surface area contributed by atoms with Crippen molar-refractivity contribution in [3.63, 3.8) is 0 Å². The van der Waals surface area contributed by atoms with E-state index < -0.39 is 0 Å². The molecule has 0 aliphatic heterocycles. The van der Waals surface area contributed by atoms with Gasteiger partial charge in [0, 0.05) is 30.8 Å². The first-order chi connectivity index (χ1) is 10.8. The van der Waals surface area contributed by atoms with Crippen LogP contribution in [0.25, 0.3) is 0 Å². The van der Waals surface area contributed by atoms with Gasteiger partial charge in [-0.15, -0.1) is 10.2 Å². The summed E-state index contributed by atoms with van der Waals surface area (Å²) in [7, 11) is 1.59. The summed E-state index contributed by atoms with van der Waals surface area (Å²) in [6.07, 6.45) is 4.81. The second-order valence-corrected chi connectivity index (χ2v) is 5.25. The zero-order chi connectivity index (χ0) is 15.4. The number of rotatable bonds is 6. The van der Waals surface area contributed by atoms with Crippen LogP contribution in [-0.4, -0.2) is 34.5 Å². The molecule has 1 heterocycles. The Morgan fingerprint density at radius 1 is 1.45 bits per heavy atom. The van der Waals surface area contributed by atoms with Crippen LogP contribution in [0.5, 0.6) is 5.75 Å². The molecule has 2 N–H and O–H groups in total. The third-order valence-electron chi connectivity index (χ3n) is 3.55. The smallest absolute Gasteiger partial charge is 0.319 e. The van der Waals surface area contributed by atoms with E-state index in [1.165, 1.54) is 12.8 Å². The Hall–Kier alpha value is -2.57. The molecule has 116 valence electrons. The number of urea groups is 1. The number of benzene rings is 1. The normalized spacial score (nSPS) is 13.7. The van der Waals surface area contributed by atoms with E-state index in [1.807, 2.05) is 18.2 Å². The summed E-state index contributed by atoms with van der Waals surface area (Å²) in [4.78, 5) is 11.9. The number of nitrogens with one attached hydrogen (secondary N) is 2. The van der Waals surface area contributed by atoms with E-state index in [2.05, 4.69) is 25.4 Å². The first kappa shape index (κ1) is 14.4. The lowest BCUT2D eigenvalue weighted by Crippen LogP contribution is -2.30. The summed E-state index contributed by atoms with van der Waals surface area (Å²) in [6, 6.07) is 7.54. The highest BCUT2D eigenvalue weighted by molar-refractivity contribution is 5.89. The summed E-state index contributed by atoms with van der Waals surface area (Å²) in [5, 5.41) is 13.6. The average molecular weight is 301 g/mol. The van der Waals surface area contributed by atoms with Gasteiger partial charge in [0.15, 0.2) is 0 Å². The van der Waals surface area contributed by atoms with Gasteiger partial charge in [-0.05, 0) is 25.0 Å². The Labute approximate surface area is 128 Å². The number of carbonyl (C=O) groups is 1. The quantitative estimate of drug-likeness (QED) is 0.855. The van der Waals surface area contributed by atoms with Gasteiger partial charge in [0.25, 0.3) is 0 Å². The molecule has 1 aromatic carbocycles. The van der Waals surface area contributed by atoms with E-state index in [4.69, 9.17) is 4.74 Å². The van der Waals surface area contributed by atoms with E-state index in [1.54, 1.807) is 19.5 Å². The summed E-state index contributed by atoms with van der Waals surface area (Å²) in [5.74, 6) is 1.62. The molecule has 22 heavy (non-hydrogen) atoms. The Kier molecular flexibility index (Phi) is 4.22. The maximum atomic E-state index is 11.9. The van der Waals surface area contributed by atoms with Crippen molar-refractivity contribution in [2.24, 2.45) is 0 Å². The number of hydrogen-bond donors (Lipinski definition) is 2. The summed E-state index contributed by atoms with van der Waals surface area (Å²) in [5.41, 5.74) is 0.693. The van der Waals surface area contributed by atoms with Crippen LogP contribution in [-0.2, 0) is 6.42 Å². The van der Waals surface area contributed by atoms with Gasteiger partial charge in [0.2, 0.25) is 0 Å². The lowest BCUT2D eigenvalue weighted by molar-refractivity contribution is 0.252. The molecule has 1 aliphatic carbocycles. The Morgan fingerprint density at radius 2 is 2.32 bits per heavy atom. The maximum absolute atomic E-state index is 11.9. The van der Waals surface area contributed by atoms with Crippen LogP contribution in [0.15, 0.2) is 30.6 Å². The molecule has 1 aliphatic rings. The molecule has 1 fully saturated rings. The van der Waals surface area contributed by atoms with Crippen molar-refractivity contribution in [1.82, 2.24) is 20.1 Å². The Morgan fingerprint density at radius 3 is 3.09 bits per heavy atom. The average Bonchev–Trinajstić information content (AvgIpc) is 3.27. The van der Waals surface area contributed by atoms with Crippen LogP contribution in [0, 0.1) is 0 Å². The summed E-state index contributed by atoms with van der Waals surface area (Å²) >= 11 is 0. The standard InChI is InChI=1S/C15H19N5O2/c1-22-13-4-2-3-11(9-13)18-15(21)16-8-7-14-19-17-10-20(14)12-5-6-12/h2-4,9-10,12H,5-8H2,1H3,(H2,16,18,21). The van der Waals surface area contributed by atoms with Gasteiger partial charge in [-0.25, -0.2) is 4.79 Å². The molecular weight excluding hydrogens is 282 g/mol. The number of aromatic nitrogens is 3. The zero-order valence-corrected chi connectivity index (χ0v) is 12.5. The highest BCUT2D eigenvalue weighted by Gasteiger charge is 2.25. The van der Waals surface area contributed by atoms with E-state index in [-0.39, 0.29) is 6.03 Å². The fourth-order valence-corrected chi connectivity index (χ4v) is 2.27. The molecule has 2 amide bonds. The summed E-state index contributed by atoms with van der Waals surface area (Å²) < 4.78 is 7.22. The molecule has 0 unspecified atom stereocenters. The van der Waals surface area contributed by atoms with Crippen LogP contribution in [0.1, 0.15) is 24.7 Å². The molecule has 0 saturated heterocycles. The van der Waals surface area contributed by atoms with Gasteiger partial charge >= 0.3 is 6.03 Å². The molecule has 0 atom stereocenters. The zero-order valence-electron chi connectivity index (χ0n) is 12.5. The summed E-state index contributed by atoms with van der Waals surface area (Å²) in [6.45, 7) is 0.515. The SMILES string of the molecule is COc1cccc(NC(=O)NCCc2nncn2C2CC2)c1. The molecule has 7 heteroatoms. The third-order valence-corrected chi connectivity index (χ3v) is 3.55. The van der Waals surface area contributed by atoms with Crippen molar-refractivity contribution in [2.75, 3.05) is 19.0 Å². The van der Waals surface area contributed by atoms with Crippen LogP contribution >= 0.6 is 0 Å². The fourth-order valence-electron chi connectivity index (χ4n) is 2.27. The van der Waals surface area contributed by atoms with Crippen molar-refractivity contribution in [3.8, 4) is 5.75 Å². The first-order valence-electron chi connectivity index (χ1n) is 7.33. The third kappa shape index (κ3) is 3.55. The Balaban J connectivity index is 1.46. The van der Waals surface area contributed by atoms with Crippen molar-refractivity contribution in [2.45, 2.75) is 25.3 Å². The van der Waals surface area contributed by atoms with E-state index in [0.29, 0.717) is 30.4 Å². The first-order valence-corrected chi connectivity index (χ1v) is 7.33. The molecular formula is C15H19N5O2. The molecule has 1 saturated carbocycles. The second kappa shape index (κ2) is 6.46. The van der Waals surface area contributed by atoms with Gasteiger partial charge in [-0.3, -0.25) is 0 Å². The monoisotopic (exact) mass is 301 g/mol. The highest BCUT2D eigenvalue weighted by Crippen LogP contribution is 2.35.